The van der Waals surface area contributed by atoms with Gasteiger partial charge in [0.25, 0.3) is 0 Å². The van der Waals surface area contributed by atoms with Gasteiger partial charge in [0.2, 0.25) is 0 Å². The SMILES string of the molecule is BC(C)(C)/N=C\C(C)=C/C(C)(C)C. The molecule has 0 radical (unpaired) electrons. The molecule has 0 bridgehead atoms. The maximum atomic E-state index is 4.45. The predicted octanol–water partition coefficient (Wildman–Crippen LogP) is 2.42. The van der Waals surface area contributed by atoms with Gasteiger partial charge in [-0.25, -0.2) is 0 Å². The fourth-order valence-electron chi connectivity index (χ4n) is 1.02. The summed E-state index contributed by atoms with van der Waals surface area (Å²) in [6, 6.07) is 0. The fraction of sp³-hybridized carbons (Fsp3) is 0.727. The fourth-order valence-corrected chi connectivity index (χ4v) is 1.02. The van der Waals surface area contributed by atoms with Gasteiger partial charge < -0.3 is 0 Å². The summed E-state index contributed by atoms with van der Waals surface area (Å²) >= 11 is 0. The molecule has 0 N–H and O–H groups in total. The van der Waals surface area contributed by atoms with E-state index in [4.69, 9.17) is 0 Å². The molecule has 0 spiro atoms. The van der Waals surface area contributed by atoms with Crippen LogP contribution in [0.3, 0.4) is 0 Å². The third-order valence-corrected chi connectivity index (χ3v) is 1.32. The minimum Gasteiger partial charge on any atom is -0.296 e. The molecule has 13 heavy (non-hydrogen) atoms. The van der Waals surface area contributed by atoms with Gasteiger partial charge in [0.15, 0.2) is 0 Å². The number of allylic oxidation sites excluding steroid dienone is 2. The molecule has 0 heterocycles. The van der Waals surface area contributed by atoms with Gasteiger partial charge in [-0.2, -0.15) is 0 Å². The zero-order valence-corrected chi connectivity index (χ0v) is 10.1. The van der Waals surface area contributed by atoms with E-state index >= 15 is 0 Å². The summed E-state index contributed by atoms with van der Waals surface area (Å²) in [7, 11) is 2.11. The summed E-state index contributed by atoms with van der Waals surface area (Å²) < 4.78 is 0. The van der Waals surface area contributed by atoms with Crippen LogP contribution < -0.4 is 0 Å². The number of hydrogen-bond donors (Lipinski definition) is 0. The Morgan fingerprint density at radius 2 is 1.62 bits per heavy atom. The molecule has 0 aliphatic carbocycles. The van der Waals surface area contributed by atoms with Gasteiger partial charge in [-0.1, -0.05) is 26.8 Å². The first-order valence-corrected chi connectivity index (χ1v) is 4.85. The molecular weight excluding hydrogens is 157 g/mol. The highest BCUT2D eigenvalue weighted by atomic mass is 14.8. The van der Waals surface area contributed by atoms with E-state index < -0.39 is 0 Å². The van der Waals surface area contributed by atoms with E-state index in [-0.39, 0.29) is 10.9 Å². The number of aliphatic imine (C=N–C) groups is 1. The Balaban J connectivity index is 4.40. The molecule has 1 nitrogen and oxygen atoms in total. The van der Waals surface area contributed by atoms with Crippen LogP contribution in [-0.4, -0.2) is 19.5 Å². The average Bonchev–Trinajstić information content (AvgIpc) is 1.78. The summed E-state index contributed by atoms with van der Waals surface area (Å²) in [5.41, 5.74) is 1.52. The number of hydrogen-bond acceptors (Lipinski definition) is 1. The molecule has 0 fully saturated rings. The van der Waals surface area contributed by atoms with Gasteiger partial charge in [-0.15, -0.1) is 0 Å². The van der Waals surface area contributed by atoms with Crippen LogP contribution >= 0.6 is 0 Å². The van der Waals surface area contributed by atoms with Crippen molar-refractivity contribution in [1.29, 1.82) is 0 Å². The molecule has 0 unspecified atom stereocenters. The van der Waals surface area contributed by atoms with Crippen molar-refractivity contribution in [3.05, 3.63) is 11.6 Å². The van der Waals surface area contributed by atoms with Crippen molar-refractivity contribution in [2.45, 2.75) is 47.0 Å². The van der Waals surface area contributed by atoms with Crippen LogP contribution in [0, 0.1) is 5.41 Å². The Morgan fingerprint density at radius 1 is 1.15 bits per heavy atom. The molecule has 0 aromatic carbocycles. The van der Waals surface area contributed by atoms with Crippen molar-refractivity contribution in [1.82, 2.24) is 0 Å². The van der Waals surface area contributed by atoms with E-state index in [2.05, 4.69) is 60.5 Å². The molecule has 0 aromatic heterocycles. The van der Waals surface area contributed by atoms with E-state index in [0.717, 1.165) is 0 Å². The van der Waals surface area contributed by atoms with E-state index in [1.54, 1.807) is 0 Å². The molecule has 0 saturated heterocycles. The maximum absolute atomic E-state index is 4.45. The summed E-state index contributed by atoms with van der Waals surface area (Å²) in [6.07, 6.45) is 4.20. The van der Waals surface area contributed by atoms with Crippen molar-refractivity contribution in [3.8, 4) is 0 Å². The first-order valence-electron chi connectivity index (χ1n) is 4.85. The molecule has 0 saturated carbocycles. The Morgan fingerprint density at radius 3 is 1.92 bits per heavy atom. The molecule has 0 aliphatic heterocycles. The summed E-state index contributed by atoms with van der Waals surface area (Å²) in [5.74, 6) is 0. The lowest BCUT2D eigenvalue weighted by Crippen LogP contribution is -2.16. The smallest absolute Gasteiger partial charge is 0.136 e. The number of rotatable bonds is 2. The predicted molar refractivity (Wildman–Crippen MR) is 64.3 cm³/mol. The highest BCUT2D eigenvalue weighted by molar-refractivity contribution is 6.15. The van der Waals surface area contributed by atoms with Gasteiger partial charge in [0, 0.05) is 11.7 Å². The van der Waals surface area contributed by atoms with Crippen molar-refractivity contribution < 1.29 is 0 Å². The Labute approximate surface area is 83.7 Å². The molecule has 0 rings (SSSR count). The van der Waals surface area contributed by atoms with Gasteiger partial charge >= 0.3 is 0 Å². The van der Waals surface area contributed by atoms with E-state index in [0.29, 0.717) is 0 Å². The monoisotopic (exact) mass is 179 g/mol. The van der Waals surface area contributed by atoms with Crippen molar-refractivity contribution in [2.24, 2.45) is 10.4 Å². The molecule has 0 aliphatic rings. The molecule has 74 valence electrons. The van der Waals surface area contributed by atoms with Crippen LogP contribution in [0.15, 0.2) is 16.6 Å². The third-order valence-electron chi connectivity index (χ3n) is 1.32. The average molecular weight is 179 g/mol. The highest BCUT2D eigenvalue weighted by Gasteiger charge is 2.07. The summed E-state index contributed by atoms with van der Waals surface area (Å²) in [6.45, 7) is 12.9. The van der Waals surface area contributed by atoms with Crippen LogP contribution in [-0.2, 0) is 0 Å². The van der Waals surface area contributed by atoms with Crippen LogP contribution in [0.5, 0.6) is 0 Å². The largest absolute Gasteiger partial charge is 0.296 e. The minimum absolute atomic E-state index is 0.0347. The van der Waals surface area contributed by atoms with Crippen molar-refractivity contribution >= 4 is 14.1 Å². The Hall–Kier alpha value is -0.525. The topological polar surface area (TPSA) is 12.4 Å². The second kappa shape index (κ2) is 4.12. The standard InChI is InChI=1S/C11H22BN/c1-9(7-10(2,3)4)8-13-11(5,6)12/h7-8H,12H2,1-6H3/b9-7-,13-8-. The second-order valence-electron chi connectivity index (χ2n) is 5.68. The quantitative estimate of drug-likeness (QED) is 0.456. The molecular formula is C11H22BN. The highest BCUT2D eigenvalue weighted by Crippen LogP contribution is 2.16. The Kier molecular flexibility index (Phi) is 3.96. The van der Waals surface area contributed by atoms with Crippen LogP contribution in [0.2, 0.25) is 0 Å². The summed E-state index contributed by atoms with van der Waals surface area (Å²) in [4.78, 5) is 4.45. The summed E-state index contributed by atoms with van der Waals surface area (Å²) in [5, 5.41) is 0. The van der Waals surface area contributed by atoms with Crippen molar-refractivity contribution in [3.63, 3.8) is 0 Å². The number of nitrogens with zero attached hydrogens (tertiary/aromatic N) is 1. The lowest BCUT2D eigenvalue weighted by molar-refractivity contribution is 0.542. The minimum atomic E-state index is 0.0347. The molecule has 0 atom stereocenters. The molecule has 2 heteroatoms. The lowest BCUT2D eigenvalue weighted by Gasteiger charge is -2.14. The van der Waals surface area contributed by atoms with Gasteiger partial charge in [0.05, 0.1) is 0 Å². The third kappa shape index (κ3) is 9.39. The van der Waals surface area contributed by atoms with E-state index in [9.17, 15) is 0 Å². The molecule has 0 amide bonds. The van der Waals surface area contributed by atoms with Gasteiger partial charge in [0.1, 0.15) is 7.85 Å². The first-order chi connectivity index (χ1) is 5.60. The van der Waals surface area contributed by atoms with Gasteiger partial charge in [-0.05, 0) is 31.8 Å². The normalized spacial score (nSPS) is 15.4. The van der Waals surface area contributed by atoms with E-state index in [1.165, 1.54) is 5.57 Å². The van der Waals surface area contributed by atoms with Crippen LogP contribution in [0.25, 0.3) is 0 Å². The van der Waals surface area contributed by atoms with Gasteiger partial charge in [-0.3, -0.25) is 4.99 Å². The zero-order valence-electron chi connectivity index (χ0n) is 10.1. The van der Waals surface area contributed by atoms with Crippen molar-refractivity contribution in [2.75, 3.05) is 0 Å². The maximum Gasteiger partial charge on any atom is 0.136 e. The first kappa shape index (κ1) is 12.5. The van der Waals surface area contributed by atoms with Crippen LogP contribution in [0.1, 0.15) is 41.5 Å². The Bertz CT molecular complexity index is 213. The van der Waals surface area contributed by atoms with E-state index in [1.807, 2.05) is 6.21 Å². The van der Waals surface area contributed by atoms with Crippen LogP contribution in [0.4, 0.5) is 0 Å². The lowest BCUT2D eigenvalue weighted by atomic mass is 9.82. The second-order valence-corrected chi connectivity index (χ2v) is 5.68. The molecule has 0 aromatic rings. The zero-order chi connectivity index (χ0) is 10.7.